The molecule has 1 amide bonds. The van der Waals surface area contributed by atoms with Crippen LogP contribution < -0.4 is 11.1 Å². The third-order valence-corrected chi connectivity index (χ3v) is 3.32. The van der Waals surface area contributed by atoms with Gasteiger partial charge in [0.1, 0.15) is 17.4 Å². The lowest BCUT2D eigenvalue weighted by molar-refractivity contribution is -0.124. The van der Waals surface area contributed by atoms with Gasteiger partial charge in [-0.05, 0) is 19.9 Å². The van der Waals surface area contributed by atoms with Crippen molar-refractivity contribution >= 4 is 29.3 Å². The maximum absolute atomic E-state index is 11.9. The average molecular weight is 313 g/mol. The van der Waals surface area contributed by atoms with E-state index in [1.165, 1.54) is 7.11 Å². The number of nitrogens with two attached hydrogens (primary N) is 1. The zero-order valence-corrected chi connectivity index (χ0v) is 13.2. The van der Waals surface area contributed by atoms with Gasteiger partial charge in [-0.2, -0.15) is 0 Å². The van der Waals surface area contributed by atoms with Crippen LogP contribution in [0.25, 0.3) is 11.0 Å². The van der Waals surface area contributed by atoms with Crippen LogP contribution in [0.5, 0.6) is 0 Å². The number of fused-ring (bicyclic) bond motifs is 1. The number of carbonyl (C=O) groups is 1. The summed E-state index contributed by atoms with van der Waals surface area (Å²) < 4.78 is 10.7. The van der Waals surface area contributed by atoms with E-state index in [-0.39, 0.29) is 31.0 Å². The maximum Gasteiger partial charge on any atom is 0.239 e. The Balaban J connectivity index is 0.00000220. The zero-order chi connectivity index (χ0) is 14.7. The number of ether oxygens (including phenoxy) is 1. The molecule has 2 aromatic rings. The van der Waals surface area contributed by atoms with Gasteiger partial charge in [0, 0.05) is 18.1 Å². The molecule has 1 aromatic heterocycles. The lowest BCUT2D eigenvalue weighted by Gasteiger charge is -2.16. The summed E-state index contributed by atoms with van der Waals surface area (Å²) in [5, 5.41) is 3.90. The first-order valence-corrected chi connectivity index (χ1v) is 6.57. The molecule has 0 radical (unpaired) electrons. The summed E-state index contributed by atoms with van der Waals surface area (Å²) in [6.07, 6.45) is 0. The number of halogens is 1. The van der Waals surface area contributed by atoms with Crippen LogP contribution in [0.1, 0.15) is 24.3 Å². The highest BCUT2D eigenvalue weighted by atomic mass is 35.5. The van der Waals surface area contributed by atoms with Crippen molar-refractivity contribution in [2.45, 2.75) is 25.9 Å². The quantitative estimate of drug-likeness (QED) is 0.888. The van der Waals surface area contributed by atoms with Gasteiger partial charge in [0.2, 0.25) is 5.91 Å². The van der Waals surface area contributed by atoms with Crippen molar-refractivity contribution in [2.75, 3.05) is 13.7 Å². The van der Waals surface area contributed by atoms with Crippen LogP contribution >= 0.6 is 12.4 Å². The maximum atomic E-state index is 11.9. The third-order valence-electron chi connectivity index (χ3n) is 3.32. The van der Waals surface area contributed by atoms with Gasteiger partial charge in [-0.15, -0.1) is 12.4 Å². The lowest BCUT2D eigenvalue weighted by Crippen LogP contribution is -2.44. The molecule has 6 heteroatoms. The first-order valence-electron chi connectivity index (χ1n) is 6.57. The number of methoxy groups -OCH3 is 1. The Bertz CT molecular complexity index is 612. The summed E-state index contributed by atoms with van der Waals surface area (Å²) in [5.74, 6) is 0.503. The van der Waals surface area contributed by atoms with Gasteiger partial charge in [-0.1, -0.05) is 18.2 Å². The first kappa shape index (κ1) is 17.5. The van der Waals surface area contributed by atoms with E-state index in [0.29, 0.717) is 0 Å². The van der Waals surface area contributed by atoms with E-state index in [9.17, 15) is 4.79 Å². The number of hydrogen-bond acceptors (Lipinski definition) is 4. The minimum Gasteiger partial charge on any atom is -0.459 e. The van der Waals surface area contributed by atoms with Crippen molar-refractivity contribution in [1.29, 1.82) is 0 Å². The van der Waals surface area contributed by atoms with Crippen molar-refractivity contribution in [2.24, 2.45) is 5.73 Å². The molecule has 0 spiro atoms. The van der Waals surface area contributed by atoms with E-state index < -0.39 is 6.04 Å². The van der Waals surface area contributed by atoms with E-state index >= 15 is 0 Å². The van der Waals surface area contributed by atoms with Crippen molar-refractivity contribution < 1.29 is 13.9 Å². The monoisotopic (exact) mass is 312 g/mol. The average Bonchev–Trinajstić information content (AvgIpc) is 2.77. The number of para-hydroxylation sites is 1. The molecule has 3 N–H and O–H groups in total. The topological polar surface area (TPSA) is 77.5 Å². The fourth-order valence-corrected chi connectivity index (χ4v) is 2.25. The van der Waals surface area contributed by atoms with Crippen LogP contribution in [0.3, 0.4) is 0 Å². The molecular weight excluding hydrogens is 292 g/mol. The van der Waals surface area contributed by atoms with Gasteiger partial charge in [-0.3, -0.25) is 4.79 Å². The molecular formula is C15H21ClN2O3. The number of furan rings is 1. The second-order valence-electron chi connectivity index (χ2n) is 4.88. The van der Waals surface area contributed by atoms with Gasteiger partial charge >= 0.3 is 0 Å². The van der Waals surface area contributed by atoms with Gasteiger partial charge in [0.25, 0.3) is 0 Å². The highest BCUT2D eigenvalue weighted by Crippen LogP contribution is 2.29. The van der Waals surface area contributed by atoms with E-state index in [0.717, 1.165) is 22.3 Å². The van der Waals surface area contributed by atoms with E-state index in [2.05, 4.69) is 5.32 Å². The molecule has 0 fully saturated rings. The van der Waals surface area contributed by atoms with Gasteiger partial charge in [0.15, 0.2) is 0 Å². The summed E-state index contributed by atoms with van der Waals surface area (Å²) in [6, 6.07) is 6.89. The standard InChI is InChI=1S/C15H20N2O3.ClH/c1-9-11-6-4-5-7-13(11)20-14(9)10(2)17-15(18)12(16)8-19-3;/h4-7,10,12H,8,16H2,1-3H3,(H,17,18);1H. The molecule has 0 saturated carbocycles. The highest BCUT2D eigenvalue weighted by molar-refractivity contribution is 5.85. The normalized spacial score (nSPS) is 13.5. The van der Waals surface area contributed by atoms with Crippen molar-refractivity contribution in [3.63, 3.8) is 0 Å². The van der Waals surface area contributed by atoms with Crippen LogP contribution in [-0.2, 0) is 9.53 Å². The lowest BCUT2D eigenvalue weighted by atomic mass is 10.1. The highest BCUT2D eigenvalue weighted by Gasteiger charge is 2.21. The van der Waals surface area contributed by atoms with Gasteiger partial charge < -0.3 is 20.2 Å². The molecule has 116 valence electrons. The van der Waals surface area contributed by atoms with Gasteiger partial charge in [0.05, 0.1) is 12.6 Å². The third kappa shape index (κ3) is 3.75. The van der Waals surface area contributed by atoms with Crippen LogP contribution in [0, 0.1) is 6.92 Å². The molecule has 2 atom stereocenters. The molecule has 2 rings (SSSR count). The smallest absolute Gasteiger partial charge is 0.239 e. The molecule has 1 heterocycles. The molecule has 21 heavy (non-hydrogen) atoms. The summed E-state index contributed by atoms with van der Waals surface area (Å²) in [6.45, 7) is 4.05. The van der Waals surface area contributed by atoms with Crippen LogP contribution in [0.15, 0.2) is 28.7 Å². The number of rotatable bonds is 5. The molecule has 0 aliphatic heterocycles. The SMILES string of the molecule is COCC(N)C(=O)NC(C)c1oc2ccccc2c1C.Cl. The van der Waals surface area contributed by atoms with Gasteiger partial charge in [-0.25, -0.2) is 0 Å². The minimum atomic E-state index is -0.674. The Hall–Kier alpha value is -1.56. The molecule has 0 bridgehead atoms. The number of benzene rings is 1. The number of carbonyl (C=O) groups excluding carboxylic acids is 1. The second kappa shape index (κ2) is 7.45. The molecule has 1 aromatic carbocycles. The Morgan fingerprint density at radius 2 is 2.10 bits per heavy atom. The van der Waals surface area contributed by atoms with E-state index in [1.54, 1.807) is 0 Å². The summed E-state index contributed by atoms with van der Waals surface area (Å²) in [4.78, 5) is 11.9. The molecule has 5 nitrogen and oxygen atoms in total. The molecule has 0 aliphatic carbocycles. The second-order valence-corrected chi connectivity index (χ2v) is 4.88. The van der Waals surface area contributed by atoms with Crippen molar-refractivity contribution in [1.82, 2.24) is 5.32 Å². The number of hydrogen-bond donors (Lipinski definition) is 2. The predicted molar refractivity (Wildman–Crippen MR) is 84.6 cm³/mol. The zero-order valence-electron chi connectivity index (χ0n) is 12.4. The Morgan fingerprint density at radius 3 is 2.71 bits per heavy atom. The van der Waals surface area contributed by atoms with Crippen LogP contribution in [0.2, 0.25) is 0 Å². The first-order chi connectivity index (χ1) is 9.54. The number of nitrogens with one attached hydrogen (secondary N) is 1. The number of aryl methyl sites for hydroxylation is 1. The van der Waals surface area contributed by atoms with Crippen LogP contribution in [-0.4, -0.2) is 25.7 Å². The van der Waals surface area contributed by atoms with Crippen LogP contribution in [0.4, 0.5) is 0 Å². The van der Waals surface area contributed by atoms with E-state index in [4.69, 9.17) is 14.9 Å². The Kier molecular flexibility index (Phi) is 6.20. The fourth-order valence-electron chi connectivity index (χ4n) is 2.25. The minimum absolute atomic E-state index is 0. The molecule has 0 aliphatic rings. The van der Waals surface area contributed by atoms with E-state index in [1.807, 2.05) is 38.1 Å². The van der Waals surface area contributed by atoms with Crippen molar-refractivity contribution in [3.05, 3.63) is 35.6 Å². The molecule has 0 saturated heterocycles. The largest absolute Gasteiger partial charge is 0.459 e. The Labute approximate surface area is 130 Å². The Morgan fingerprint density at radius 1 is 1.43 bits per heavy atom. The predicted octanol–water partition coefficient (Wildman–Crippen LogP) is 2.31. The summed E-state index contributed by atoms with van der Waals surface area (Å²) in [5.41, 5.74) is 7.56. The summed E-state index contributed by atoms with van der Waals surface area (Å²) in [7, 11) is 1.51. The molecule has 2 unspecified atom stereocenters. The fraction of sp³-hybridized carbons (Fsp3) is 0.400. The van der Waals surface area contributed by atoms with Crippen molar-refractivity contribution in [3.8, 4) is 0 Å². The number of amides is 1. The summed E-state index contributed by atoms with van der Waals surface area (Å²) >= 11 is 0.